The van der Waals surface area contributed by atoms with Crippen LogP contribution in [0, 0.1) is 0 Å². The van der Waals surface area contributed by atoms with Crippen LogP contribution in [0.2, 0.25) is 0 Å². The molecule has 104 valence electrons. The van der Waals surface area contributed by atoms with Gasteiger partial charge in [-0.1, -0.05) is 19.4 Å². The average molecular weight is 271 g/mol. The van der Waals surface area contributed by atoms with Crippen molar-refractivity contribution in [2.45, 2.75) is 25.9 Å². The number of nitrogens with zero attached hydrogens (tertiary/aromatic N) is 1. The van der Waals surface area contributed by atoms with Crippen molar-refractivity contribution in [3.05, 3.63) is 30.0 Å². The highest BCUT2D eigenvalue weighted by Gasteiger charge is 2.34. The van der Waals surface area contributed by atoms with E-state index in [1.54, 1.807) is 18.2 Å². The van der Waals surface area contributed by atoms with E-state index in [2.05, 4.69) is 0 Å². The summed E-state index contributed by atoms with van der Waals surface area (Å²) in [7, 11) is 1.42. The Hall–Kier alpha value is -1.65. The van der Waals surface area contributed by atoms with E-state index < -0.39 is 11.9 Å². The van der Waals surface area contributed by atoms with Crippen LogP contribution in [0.1, 0.15) is 25.5 Å². The zero-order valence-corrected chi connectivity index (χ0v) is 10.9. The van der Waals surface area contributed by atoms with Crippen molar-refractivity contribution < 1.29 is 17.9 Å². The normalized spacial score (nSPS) is 12.1. The summed E-state index contributed by atoms with van der Waals surface area (Å²) in [5.74, 6) is 0.511. The minimum Gasteiger partial charge on any atom is -0.493 e. The molecule has 2 rings (SSSR count). The minimum atomic E-state index is -4.35. The van der Waals surface area contributed by atoms with Crippen molar-refractivity contribution in [3.8, 4) is 5.75 Å². The predicted octanol–water partition coefficient (Wildman–Crippen LogP) is 4.38. The van der Waals surface area contributed by atoms with Gasteiger partial charge in [-0.15, -0.1) is 0 Å². The first-order chi connectivity index (χ1) is 8.95. The van der Waals surface area contributed by atoms with E-state index >= 15 is 0 Å². The number of aromatic nitrogens is 1. The van der Waals surface area contributed by atoms with Gasteiger partial charge in [0.2, 0.25) is 0 Å². The van der Waals surface area contributed by atoms with Crippen molar-refractivity contribution in [1.29, 1.82) is 0 Å². The summed E-state index contributed by atoms with van der Waals surface area (Å²) in [6.45, 7) is 2.56. The van der Waals surface area contributed by atoms with Crippen LogP contribution in [0.3, 0.4) is 0 Å². The summed E-state index contributed by atoms with van der Waals surface area (Å²) in [6, 6.07) is 6.23. The standard InChI is InChI=1S/C14H16F3NO/c1-3-4-8-19-12-7-5-6-11-10(12)9-13(18(11)2)14(15,16)17/h5-7,9H,3-4,8H2,1-2H3. The van der Waals surface area contributed by atoms with E-state index in [0.29, 0.717) is 23.3 Å². The smallest absolute Gasteiger partial charge is 0.431 e. The lowest BCUT2D eigenvalue weighted by Gasteiger charge is -2.08. The molecule has 0 aliphatic rings. The Morgan fingerprint density at radius 2 is 2.00 bits per heavy atom. The number of halogens is 3. The third-order valence-corrected chi connectivity index (χ3v) is 3.09. The van der Waals surface area contributed by atoms with Crippen LogP contribution in [0.25, 0.3) is 10.9 Å². The summed E-state index contributed by atoms with van der Waals surface area (Å²) >= 11 is 0. The zero-order chi connectivity index (χ0) is 14.0. The van der Waals surface area contributed by atoms with Crippen LogP contribution in [0.15, 0.2) is 24.3 Å². The van der Waals surface area contributed by atoms with Crippen molar-refractivity contribution in [2.75, 3.05) is 6.61 Å². The van der Waals surface area contributed by atoms with E-state index in [1.807, 2.05) is 6.92 Å². The first-order valence-electron chi connectivity index (χ1n) is 6.23. The topological polar surface area (TPSA) is 14.2 Å². The van der Waals surface area contributed by atoms with Gasteiger partial charge in [0.05, 0.1) is 12.1 Å². The van der Waals surface area contributed by atoms with Crippen molar-refractivity contribution >= 4 is 10.9 Å². The van der Waals surface area contributed by atoms with Gasteiger partial charge in [-0.25, -0.2) is 0 Å². The predicted molar refractivity (Wildman–Crippen MR) is 68.3 cm³/mol. The van der Waals surface area contributed by atoms with Crippen LogP contribution in [0.5, 0.6) is 5.75 Å². The van der Waals surface area contributed by atoms with Gasteiger partial charge < -0.3 is 9.30 Å². The number of rotatable bonds is 4. The van der Waals surface area contributed by atoms with Crippen LogP contribution in [-0.4, -0.2) is 11.2 Å². The SMILES string of the molecule is CCCCOc1cccc2c1cc(C(F)(F)F)n2C. The Morgan fingerprint density at radius 3 is 2.63 bits per heavy atom. The quantitative estimate of drug-likeness (QED) is 0.753. The van der Waals surface area contributed by atoms with Crippen molar-refractivity contribution in [1.82, 2.24) is 4.57 Å². The monoisotopic (exact) mass is 271 g/mol. The first kappa shape index (κ1) is 13.8. The summed E-state index contributed by atoms with van der Waals surface area (Å²) in [6.07, 6.45) is -2.48. The molecule has 0 saturated heterocycles. The fraction of sp³-hybridized carbons (Fsp3) is 0.429. The molecule has 1 aromatic carbocycles. The summed E-state index contributed by atoms with van der Waals surface area (Å²) in [5.41, 5.74) is -0.129. The van der Waals surface area contributed by atoms with Crippen LogP contribution < -0.4 is 4.74 Å². The molecule has 1 aromatic heterocycles. The molecule has 0 atom stereocenters. The highest BCUT2D eigenvalue weighted by atomic mass is 19.4. The third kappa shape index (κ3) is 2.69. The van der Waals surface area contributed by atoms with Gasteiger partial charge in [-0.2, -0.15) is 13.2 Å². The number of hydrogen-bond donors (Lipinski definition) is 0. The Labute approximate surface area is 109 Å². The molecular formula is C14H16F3NO. The Balaban J connectivity index is 2.45. The molecule has 1 heterocycles. The fourth-order valence-electron chi connectivity index (χ4n) is 2.06. The molecule has 0 N–H and O–H groups in total. The molecule has 0 unspecified atom stereocenters. The fourth-order valence-corrected chi connectivity index (χ4v) is 2.06. The number of benzene rings is 1. The number of fused-ring (bicyclic) bond motifs is 1. The molecule has 0 aliphatic carbocycles. The van der Waals surface area contributed by atoms with Gasteiger partial charge in [-0.05, 0) is 24.6 Å². The van der Waals surface area contributed by atoms with Gasteiger partial charge in [0.15, 0.2) is 0 Å². The van der Waals surface area contributed by atoms with Crippen LogP contribution >= 0.6 is 0 Å². The molecule has 19 heavy (non-hydrogen) atoms. The van der Waals surface area contributed by atoms with E-state index in [9.17, 15) is 13.2 Å². The summed E-state index contributed by atoms with van der Waals surface area (Å²) in [5, 5.41) is 0.508. The van der Waals surface area contributed by atoms with Crippen molar-refractivity contribution in [3.63, 3.8) is 0 Å². The molecule has 5 heteroatoms. The van der Waals surface area contributed by atoms with E-state index in [0.717, 1.165) is 23.5 Å². The number of hydrogen-bond acceptors (Lipinski definition) is 1. The first-order valence-corrected chi connectivity index (χ1v) is 6.23. The van der Waals surface area contributed by atoms with Gasteiger partial charge in [0.25, 0.3) is 0 Å². The molecule has 0 radical (unpaired) electrons. The molecule has 0 bridgehead atoms. The lowest BCUT2D eigenvalue weighted by Crippen LogP contribution is -2.10. The molecular weight excluding hydrogens is 255 g/mol. The zero-order valence-electron chi connectivity index (χ0n) is 10.9. The maximum Gasteiger partial charge on any atom is 0.431 e. The average Bonchev–Trinajstić information content (AvgIpc) is 2.68. The highest BCUT2D eigenvalue weighted by molar-refractivity contribution is 5.87. The maximum absolute atomic E-state index is 12.9. The number of ether oxygens (including phenoxy) is 1. The minimum absolute atomic E-state index is 0.508. The molecule has 0 saturated carbocycles. The second kappa shape index (κ2) is 5.15. The number of alkyl halides is 3. The third-order valence-electron chi connectivity index (χ3n) is 3.09. The lowest BCUT2D eigenvalue weighted by molar-refractivity contribution is -0.142. The van der Waals surface area contributed by atoms with Gasteiger partial charge in [0.1, 0.15) is 11.4 Å². The second-order valence-corrected chi connectivity index (χ2v) is 4.48. The second-order valence-electron chi connectivity index (χ2n) is 4.48. The van der Waals surface area contributed by atoms with E-state index in [1.165, 1.54) is 7.05 Å². The summed E-state index contributed by atoms with van der Waals surface area (Å²) in [4.78, 5) is 0. The summed E-state index contributed by atoms with van der Waals surface area (Å²) < 4.78 is 45.3. The molecule has 2 aromatic rings. The Bertz CT molecular complexity index is 572. The largest absolute Gasteiger partial charge is 0.493 e. The van der Waals surface area contributed by atoms with Crippen molar-refractivity contribution in [2.24, 2.45) is 7.05 Å². The van der Waals surface area contributed by atoms with Gasteiger partial charge in [-0.3, -0.25) is 0 Å². The highest BCUT2D eigenvalue weighted by Crippen LogP contribution is 2.36. The lowest BCUT2D eigenvalue weighted by atomic mass is 10.2. The van der Waals surface area contributed by atoms with Crippen LogP contribution in [0.4, 0.5) is 13.2 Å². The Morgan fingerprint density at radius 1 is 1.26 bits per heavy atom. The van der Waals surface area contributed by atoms with E-state index in [4.69, 9.17) is 4.74 Å². The van der Waals surface area contributed by atoms with E-state index in [-0.39, 0.29) is 0 Å². The number of aryl methyl sites for hydroxylation is 1. The van der Waals surface area contributed by atoms with Crippen LogP contribution in [-0.2, 0) is 13.2 Å². The van der Waals surface area contributed by atoms with Gasteiger partial charge in [0, 0.05) is 12.4 Å². The Kier molecular flexibility index (Phi) is 3.73. The number of unbranched alkanes of at least 4 members (excludes halogenated alkanes) is 1. The van der Waals surface area contributed by atoms with Gasteiger partial charge >= 0.3 is 6.18 Å². The molecule has 2 nitrogen and oxygen atoms in total. The molecule has 0 spiro atoms. The molecule has 0 aliphatic heterocycles. The maximum atomic E-state index is 12.9. The molecule has 0 amide bonds. The molecule has 0 fully saturated rings.